The predicted molar refractivity (Wildman–Crippen MR) is 69.4 cm³/mol. The van der Waals surface area contributed by atoms with Gasteiger partial charge >= 0.3 is 5.97 Å². The highest BCUT2D eigenvalue weighted by Gasteiger charge is 2.11. The molecule has 18 heavy (non-hydrogen) atoms. The van der Waals surface area contributed by atoms with E-state index in [9.17, 15) is 4.79 Å². The summed E-state index contributed by atoms with van der Waals surface area (Å²) in [4.78, 5) is 16.9. The zero-order valence-corrected chi connectivity index (χ0v) is 9.86. The first-order valence-corrected chi connectivity index (χ1v) is 5.67. The van der Waals surface area contributed by atoms with Gasteiger partial charge in [-0.05, 0) is 24.3 Å². The summed E-state index contributed by atoms with van der Waals surface area (Å²) in [5, 5.41) is 8.96. The number of carbonyl (C=O) groups is 1. The fourth-order valence-electron chi connectivity index (χ4n) is 1.73. The van der Waals surface area contributed by atoms with E-state index in [4.69, 9.17) is 5.11 Å². The van der Waals surface area contributed by atoms with Gasteiger partial charge in [-0.2, -0.15) is 0 Å². The van der Waals surface area contributed by atoms with Gasteiger partial charge in [0.05, 0.1) is 12.2 Å². The van der Waals surface area contributed by atoms with Gasteiger partial charge in [-0.15, -0.1) is 0 Å². The molecule has 0 unspecified atom stereocenters. The third kappa shape index (κ3) is 3.31. The molecular formula is C14H14N2O2. The van der Waals surface area contributed by atoms with Gasteiger partial charge < -0.3 is 10.0 Å². The molecule has 0 radical (unpaired) electrons. The first kappa shape index (κ1) is 12.1. The summed E-state index contributed by atoms with van der Waals surface area (Å²) in [6.07, 6.45) is 1.71. The van der Waals surface area contributed by atoms with Gasteiger partial charge in [0.15, 0.2) is 0 Å². The van der Waals surface area contributed by atoms with Crippen LogP contribution in [0.5, 0.6) is 0 Å². The van der Waals surface area contributed by atoms with Crippen LogP contribution in [0, 0.1) is 0 Å². The molecule has 1 aromatic heterocycles. The zero-order valence-electron chi connectivity index (χ0n) is 9.86. The zero-order chi connectivity index (χ0) is 12.8. The van der Waals surface area contributed by atoms with Crippen molar-refractivity contribution in [2.24, 2.45) is 0 Å². The minimum absolute atomic E-state index is 0.0411. The first-order valence-electron chi connectivity index (χ1n) is 5.67. The number of carboxylic acids is 1. The lowest BCUT2D eigenvalue weighted by atomic mass is 10.2. The van der Waals surface area contributed by atoms with Crippen molar-refractivity contribution in [3.8, 4) is 0 Å². The Bertz CT molecular complexity index is 500. The van der Waals surface area contributed by atoms with E-state index in [1.165, 1.54) is 0 Å². The van der Waals surface area contributed by atoms with E-state index in [-0.39, 0.29) is 6.54 Å². The van der Waals surface area contributed by atoms with Crippen molar-refractivity contribution in [2.45, 2.75) is 6.54 Å². The van der Waals surface area contributed by atoms with Gasteiger partial charge in [-0.1, -0.05) is 24.3 Å². The van der Waals surface area contributed by atoms with Gasteiger partial charge in [0.2, 0.25) is 0 Å². The molecule has 0 aliphatic heterocycles. The van der Waals surface area contributed by atoms with Crippen LogP contribution in [0.3, 0.4) is 0 Å². The van der Waals surface area contributed by atoms with Crippen LogP contribution in [0.4, 0.5) is 5.69 Å². The van der Waals surface area contributed by atoms with Crippen molar-refractivity contribution in [3.63, 3.8) is 0 Å². The van der Waals surface area contributed by atoms with Crippen LogP contribution in [0.25, 0.3) is 0 Å². The Labute approximate surface area is 106 Å². The van der Waals surface area contributed by atoms with Crippen LogP contribution in [0.2, 0.25) is 0 Å². The molecule has 1 N–H and O–H groups in total. The first-order chi connectivity index (χ1) is 8.75. The lowest BCUT2D eigenvalue weighted by Crippen LogP contribution is -2.29. The third-order valence-electron chi connectivity index (χ3n) is 2.53. The van der Waals surface area contributed by atoms with E-state index < -0.39 is 5.97 Å². The largest absolute Gasteiger partial charge is 0.480 e. The second kappa shape index (κ2) is 5.82. The summed E-state index contributed by atoms with van der Waals surface area (Å²) in [6.45, 7) is 0.442. The number of hydrogen-bond acceptors (Lipinski definition) is 3. The standard InChI is InChI=1S/C14H14N2O2/c17-14(18)11-16(13-7-2-1-3-8-13)10-12-6-4-5-9-15-12/h1-9H,10-11H2,(H,17,18). The third-order valence-corrected chi connectivity index (χ3v) is 2.53. The van der Waals surface area contributed by atoms with Gasteiger partial charge in [-0.3, -0.25) is 9.78 Å². The van der Waals surface area contributed by atoms with E-state index >= 15 is 0 Å². The van der Waals surface area contributed by atoms with Crippen LogP contribution >= 0.6 is 0 Å². The van der Waals surface area contributed by atoms with Crippen LogP contribution in [0.15, 0.2) is 54.7 Å². The minimum atomic E-state index is -0.852. The maximum Gasteiger partial charge on any atom is 0.323 e. The maximum atomic E-state index is 10.9. The Kier molecular flexibility index (Phi) is 3.91. The number of benzene rings is 1. The molecule has 0 aliphatic rings. The van der Waals surface area contributed by atoms with E-state index in [2.05, 4.69) is 4.98 Å². The number of aromatic nitrogens is 1. The molecule has 1 aromatic carbocycles. The highest BCUT2D eigenvalue weighted by molar-refractivity contribution is 5.73. The molecular weight excluding hydrogens is 228 g/mol. The lowest BCUT2D eigenvalue weighted by Gasteiger charge is -2.22. The Hall–Kier alpha value is -2.36. The quantitative estimate of drug-likeness (QED) is 0.873. The summed E-state index contributed by atoms with van der Waals surface area (Å²) in [5.74, 6) is -0.852. The maximum absolute atomic E-state index is 10.9. The molecule has 0 amide bonds. The predicted octanol–water partition coefficient (Wildman–Crippen LogP) is 2.17. The summed E-state index contributed by atoms with van der Waals surface area (Å²) < 4.78 is 0. The van der Waals surface area contributed by atoms with Crippen molar-refractivity contribution in [1.82, 2.24) is 4.98 Å². The summed E-state index contributed by atoms with van der Waals surface area (Å²) >= 11 is 0. The topological polar surface area (TPSA) is 53.4 Å². The second-order valence-corrected chi connectivity index (χ2v) is 3.91. The van der Waals surface area contributed by atoms with Gasteiger partial charge in [-0.25, -0.2) is 0 Å². The Morgan fingerprint density at radius 1 is 1.11 bits per heavy atom. The summed E-state index contributed by atoms with van der Waals surface area (Å²) in [5.41, 5.74) is 1.73. The molecule has 0 fully saturated rings. The number of hydrogen-bond donors (Lipinski definition) is 1. The van der Waals surface area contributed by atoms with Crippen molar-refractivity contribution < 1.29 is 9.90 Å². The minimum Gasteiger partial charge on any atom is -0.480 e. The van der Waals surface area contributed by atoms with Crippen molar-refractivity contribution in [1.29, 1.82) is 0 Å². The van der Waals surface area contributed by atoms with E-state index in [1.807, 2.05) is 48.5 Å². The number of anilines is 1. The highest BCUT2D eigenvalue weighted by atomic mass is 16.4. The number of para-hydroxylation sites is 1. The molecule has 0 aliphatic carbocycles. The lowest BCUT2D eigenvalue weighted by molar-refractivity contribution is -0.135. The average Bonchev–Trinajstić information content (AvgIpc) is 2.40. The van der Waals surface area contributed by atoms with Crippen LogP contribution in [0.1, 0.15) is 5.69 Å². The van der Waals surface area contributed by atoms with Crippen LogP contribution in [-0.2, 0) is 11.3 Å². The molecule has 0 saturated carbocycles. The van der Waals surface area contributed by atoms with E-state index in [0.717, 1.165) is 11.4 Å². The van der Waals surface area contributed by atoms with E-state index in [0.29, 0.717) is 6.54 Å². The molecule has 2 rings (SSSR count). The number of carboxylic acid groups (broad SMARTS) is 1. The normalized spacial score (nSPS) is 10.0. The average molecular weight is 242 g/mol. The molecule has 0 atom stereocenters. The molecule has 4 nitrogen and oxygen atoms in total. The molecule has 2 aromatic rings. The van der Waals surface area contributed by atoms with Crippen molar-refractivity contribution in [2.75, 3.05) is 11.4 Å². The Morgan fingerprint density at radius 3 is 2.44 bits per heavy atom. The fraction of sp³-hybridized carbons (Fsp3) is 0.143. The Morgan fingerprint density at radius 2 is 1.83 bits per heavy atom. The summed E-state index contributed by atoms with van der Waals surface area (Å²) in [7, 11) is 0. The number of rotatable bonds is 5. The van der Waals surface area contributed by atoms with Crippen LogP contribution < -0.4 is 4.90 Å². The highest BCUT2D eigenvalue weighted by Crippen LogP contribution is 2.15. The molecule has 0 spiro atoms. The number of nitrogens with zero attached hydrogens (tertiary/aromatic N) is 2. The monoisotopic (exact) mass is 242 g/mol. The van der Waals surface area contributed by atoms with E-state index in [1.54, 1.807) is 11.1 Å². The molecule has 0 saturated heterocycles. The summed E-state index contributed by atoms with van der Waals surface area (Å²) in [6, 6.07) is 15.1. The smallest absolute Gasteiger partial charge is 0.323 e. The second-order valence-electron chi connectivity index (χ2n) is 3.91. The van der Waals surface area contributed by atoms with Crippen molar-refractivity contribution in [3.05, 3.63) is 60.4 Å². The van der Waals surface area contributed by atoms with Gasteiger partial charge in [0, 0.05) is 11.9 Å². The van der Waals surface area contributed by atoms with Crippen LogP contribution in [-0.4, -0.2) is 22.6 Å². The molecule has 92 valence electrons. The number of pyridine rings is 1. The molecule has 4 heteroatoms. The number of aliphatic carboxylic acids is 1. The Balaban J connectivity index is 2.18. The SMILES string of the molecule is O=C(O)CN(Cc1ccccn1)c1ccccc1. The molecule has 0 bridgehead atoms. The molecule has 1 heterocycles. The van der Waals surface area contributed by atoms with Gasteiger partial charge in [0.25, 0.3) is 0 Å². The van der Waals surface area contributed by atoms with Gasteiger partial charge in [0.1, 0.15) is 6.54 Å². The fourth-order valence-corrected chi connectivity index (χ4v) is 1.73. The van der Waals surface area contributed by atoms with Crippen molar-refractivity contribution >= 4 is 11.7 Å².